The molecule has 7 radical (unpaired) electrons. The minimum absolute atomic E-state index is 1.12. The number of hydrogen-bond acceptors (Lipinski definition) is 1. The van der Waals surface area contributed by atoms with E-state index in [1.54, 1.807) is 0 Å². The van der Waals surface area contributed by atoms with Gasteiger partial charge in [0.1, 0.15) is 0 Å². The zero-order valence-corrected chi connectivity index (χ0v) is 10.5. The van der Waals surface area contributed by atoms with Crippen LogP contribution in [0.4, 0.5) is 11.4 Å². The lowest BCUT2D eigenvalue weighted by Crippen LogP contribution is -1.87. The Morgan fingerprint density at radius 1 is 0.667 bits per heavy atom. The molecule has 0 saturated carbocycles. The summed E-state index contributed by atoms with van der Waals surface area (Å²) in [4.78, 5) is 0. The molecule has 2 aromatic rings. The molecule has 1 N–H and O–H groups in total. The van der Waals surface area contributed by atoms with E-state index in [1.165, 1.54) is 20.6 Å². The molecule has 1 nitrogen and oxygen atoms in total. The van der Waals surface area contributed by atoms with E-state index >= 15 is 0 Å². The SMILES string of the molecule is [Mg+2][Cl].c1ccc(Nc2ccccc2)cc1. The molecule has 0 spiro atoms. The summed E-state index contributed by atoms with van der Waals surface area (Å²) in [7, 11) is 4.67. The molecule has 0 bridgehead atoms. The van der Waals surface area contributed by atoms with Crippen molar-refractivity contribution >= 4 is 41.1 Å². The van der Waals surface area contributed by atoms with Crippen LogP contribution in [-0.4, -0.2) is 20.6 Å². The lowest BCUT2D eigenvalue weighted by molar-refractivity contribution is 1.55. The Balaban J connectivity index is 0.000000531. The Morgan fingerprint density at radius 3 is 1.33 bits per heavy atom. The van der Waals surface area contributed by atoms with Crippen molar-refractivity contribution in [2.45, 2.75) is 0 Å². The number of benzene rings is 2. The third kappa shape index (κ3) is 4.56. The fraction of sp³-hybridized carbons (Fsp3) is 0. The van der Waals surface area contributed by atoms with Gasteiger partial charge >= 0.3 is 29.7 Å². The molecule has 2 aromatic carbocycles. The second-order valence-corrected chi connectivity index (χ2v) is 2.86. The Labute approximate surface area is 107 Å². The summed E-state index contributed by atoms with van der Waals surface area (Å²) in [6, 6.07) is 20.3. The van der Waals surface area contributed by atoms with E-state index in [0.29, 0.717) is 0 Å². The topological polar surface area (TPSA) is 12.0 Å². The molecular formula is C12H11ClMgN+2. The van der Waals surface area contributed by atoms with Gasteiger partial charge in [0.15, 0.2) is 0 Å². The van der Waals surface area contributed by atoms with Crippen molar-refractivity contribution in [3.05, 3.63) is 60.7 Å². The molecule has 0 aliphatic carbocycles. The van der Waals surface area contributed by atoms with E-state index in [4.69, 9.17) is 0 Å². The van der Waals surface area contributed by atoms with Gasteiger partial charge in [0.2, 0.25) is 0 Å². The van der Waals surface area contributed by atoms with Crippen LogP contribution in [0.15, 0.2) is 60.7 Å². The normalized spacial score (nSPS) is 8.67. The zero-order chi connectivity index (χ0) is 10.9. The Morgan fingerprint density at radius 2 is 1.00 bits per heavy atom. The number of hydrogen-bond donors (Lipinski definition) is 1. The predicted octanol–water partition coefficient (Wildman–Crippen LogP) is 3.74. The summed E-state index contributed by atoms with van der Waals surface area (Å²) in [6.45, 7) is 0. The van der Waals surface area contributed by atoms with Gasteiger partial charge in [-0.25, -0.2) is 0 Å². The van der Waals surface area contributed by atoms with Crippen molar-refractivity contribution in [2.24, 2.45) is 0 Å². The summed E-state index contributed by atoms with van der Waals surface area (Å²) in [5.41, 5.74) is 2.24. The molecule has 0 atom stereocenters. The zero-order valence-electron chi connectivity index (χ0n) is 8.36. The third-order valence-electron chi connectivity index (χ3n) is 1.84. The summed E-state index contributed by atoms with van der Waals surface area (Å²) in [5, 5.41) is 3.30. The second kappa shape index (κ2) is 7.57. The molecule has 15 heavy (non-hydrogen) atoms. The lowest BCUT2D eigenvalue weighted by atomic mass is 10.3. The summed E-state index contributed by atoms with van der Waals surface area (Å²) < 4.78 is 0. The smallest absolute Gasteiger partial charge is 0.356 e. The Hall–Kier alpha value is -0.704. The average molecular weight is 229 g/mol. The van der Waals surface area contributed by atoms with E-state index in [9.17, 15) is 0 Å². The number of nitrogens with one attached hydrogen (secondary N) is 1. The first-order valence-corrected chi connectivity index (χ1v) is 6.73. The predicted molar refractivity (Wildman–Crippen MR) is 67.8 cm³/mol. The minimum Gasteiger partial charge on any atom is -0.356 e. The molecule has 0 amide bonds. The van der Waals surface area contributed by atoms with E-state index in [0.717, 1.165) is 11.4 Å². The van der Waals surface area contributed by atoms with Gasteiger partial charge in [0, 0.05) is 11.4 Å². The molecule has 71 valence electrons. The molecule has 0 fully saturated rings. The maximum Gasteiger partial charge on any atom is 1.59 e. The first kappa shape index (κ1) is 12.4. The van der Waals surface area contributed by atoms with Crippen LogP contribution in [0.2, 0.25) is 0 Å². The second-order valence-electron chi connectivity index (χ2n) is 2.86. The monoisotopic (exact) mass is 228 g/mol. The fourth-order valence-electron chi connectivity index (χ4n) is 1.21. The molecule has 0 saturated heterocycles. The van der Waals surface area contributed by atoms with Crippen molar-refractivity contribution < 1.29 is 0 Å². The van der Waals surface area contributed by atoms with Crippen molar-refractivity contribution in [3.63, 3.8) is 0 Å². The molecule has 0 aromatic heterocycles. The minimum atomic E-state index is 1.12. The van der Waals surface area contributed by atoms with E-state index in [-0.39, 0.29) is 0 Å². The van der Waals surface area contributed by atoms with Crippen LogP contribution in [0.25, 0.3) is 0 Å². The van der Waals surface area contributed by atoms with Crippen LogP contribution in [0.5, 0.6) is 0 Å². The number of rotatable bonds is 2. The Bertz CT molecular complexity index is 326. The van der Waals surface area contributed by atoms with Crippen LogP contribution in [0, 0.1) is 0 Å². The highest BCUT2D eigenvalue weighted by Crippen LogP contribution is 2.14. The average Bonchev–Trinajstić information content (AvgIpc) is 2.34. The largest absolute Gasteiger partial charge is 1.59 e. The standard InChI is InChI=1S/C12H11N.ClH.Mg/c1-3-7-11(8-4-1)13-12-9-5-2-6-10-12;;/h1-10,13H;1H;/q;;+3/p-1. The maximum absolute atomic E-state index is 4.67. The Kier molecular flexibility index (Phi) is 6.24. The first-order chi connectivity index (χ1) is 7.45. The van der Waals surface area contributed by atoms with Crippen LogP contribution in [-0.2, 0) is 0 Å². The molecular weight excluding hydrogens is 218 g/mol. The van der Waals surface area contributed by atoms with Gasteiger partial charge in [-0.05, 0) is 24.3 Å². The molecule has 2 rings (SSSR count). The van der Waals surface area contributed by atoms with Crippen molar-refractivity contribution in [3.8, 4) is 0 Å². The van der Waals surface area contributed by atoms with Gasteiger partial charge in [-0.1, -0.05) is 36.4 Å². The number of halogens is 1. The third-order valence-corrected chi connectivity index (χ3v) is 1.84. The van der Waals surface area contributed by atoms with Crippen molar-refractivity contribution in [1.82, 2.24) is 0 Å². The summed E-state index contributed by atoms with van der Waals surface area (Å²) in [5.74, 6) is 0. The van der Waals surface area contributed by atoms with Gasteiger partial charge in [-0.2, -0.15) is 0 Å². The number of para-hydroxylation sites is 2. The van der Waals surface area contributed by atoms with Gasteiger partial charge in [0.05, 0.1) is 0 Å². The maximum atomic E-state index is 4.67. The van der Waals surface area contributed by atoms with E-state index in [2.05, 4.69) is 14.4 Å². The van der Waals surface area contributed by atoms with Gasteiger partial charge in [-0.3, -0.25) is 0 Å². The molecule has 0 aliphatic heterocycles. The first-order valence-electron chi connectivity index (χ1n) is 4.59. The molecule has 0 unspecified atom stereocenters. The highest BCUT2D eigenvalue weighted by atomic mass is 35.5. The van der Waals surface area contributed by atoms with Crippen LogP contribution >= 0.6 is 9.07 Å². The van der Waals surface area contributed by atoms with Crippen molar-refractivity contribution in [1.29, 1.82) is 0 Å². The molecule has 0 aliphatic rings. The van der Waals surface area contributed by atoms with Crippen molar-refractivity contribution in [2.75, 3.05) is 5.32 Å². The fourth-order valence-corrected chi connectivity index (χ4v) is 1.21. The highest BCUT2D eigenvalue weighted by Gasteiger charge is 2.16. The van der Waals surface area contributed by atoms with Crippen LogP contribution in [0.3, 0.4) is 0 Å². The number of anilines is 2. The summed E-state index contributed by atoms with van der Waals surface area (Å²) in [6.07, 6.45) is 0. The van der Waals surface area contributed by atoms with Crippen LogP contribution < -0.4 is 5.32 Å². The summed E-state index contributed by atoms with van der Waals surface area (Å²) >= 11 is 1.33. The van der Waals surface area contributed by atoms with Crippen LogP contribution in [0.1, 0.15) is 0 Å². The molecule has 3 heteroatoms. The van der Waals surface area contributed by atoms with Gasteiger partial charge in [-0.15, -0.1) is 0 Å². The van der Waals surface area contributed by atoms with E-state index < -0.39 is 0 Å². The highest BCUT2D eigenvalue weighted by molar-refractivity contribution is 6.80. The van der Waals surface area contributed by atoms with E-state index in [1.807, 2.05) is 60.7 Å². The quantitative estimate of drug-likeness (QED) is 0.773. The molecule has 0 heterocycles. The van der Waals surface area contributed by atoms with Gasteiger partial charge < -0.3 is 5.32 Å². The van der Waals surface area contributed by atoms with Gasteiger partial charge in [0.25, 0.3) is 0 Å². The lowest BCUT2D eigenvalue weighted by Gasteiger charge is -2.04.